The van der Waals surface area contributed by atoms with Crippen molar-refractivity contribution in [3.63, 3.8) is 0 Å². The predicted molar refractivity (Wildman–Crippen MR) is 115 cm³/mol. The smallest absolute Gasteiger partial charge is 0.423 e. The molecule has 3 rings (SSSR count). The van der Waals surface area contributed by atoms with E-state index in [2.05, 4.69) is 0 Å². The van der Waals surface area contributed by atoms with Crippen LogP contribution in [-0.4, -0.2) is 60.0 Å². The van der Waals surface area contributed by atoms with E-state index in [-0.39, 0.29) is 31.1 Å². The Balaban J connectivity index is 0.00000408. The van der Waals surface area contributed by atoms with Gasteiger partial charge in [-0.05, 0) is 25.1 Å². The van der Waals surface area contributed by atoms with Crippen LogP contribution < -0.4 is 20.9 Å². The van der Waals surface area contributed by atoms with Gasteiger partial charge in [0.25, 0.3) is 5.56 Å². The summed E-state index contributed by atoms with van der Waals surface area (Å²) in [4.78, 5) is 29.6. The van der Waals surface area contributed by atoms with Gasteiger partial charge in [-0.15, -0.1) is 12.4 Å². The number of hydrogen-bond acceptors (Lipinski definition) is 5. The third-order valence-corrected chi connectivity index (χ3v) is 5.19. The molecule has 1 aromatic heterocycles. The highest BCUT2D eigenvalue weighted by atomic mass is 35.5. The maximum absolute atomic E-state index is 12.9. The van der Waals surface area contributed by atoms with E-state index in [0.717, 1.165) is 0 Å². The van der Waals surface area contributed by atoms with Crippen LogP contribution in [-0.2, 0) is 12.7 Å². The molecule has 0 aliphatic carbocycles. The largest absolute Gasteiger partial charge is 0.482 e. The van der Waals surface area contributed by atoms with Gasteiger partial charge in [-0.1, -0.05) is 12.1 Å². The summed E-state index contributed by atoms with van der Waals surface area (Å²) in [6, 6.07) is 6.43. The van der Waals surface area contributed by atoms with Crippen molar-refractivity contribution in [2.24, 2.45) is 0 Å². The average molecular weight is 517 g/mol. The van der Waals surface area contributed by atoms with Crippen LogP contribution in [0.1, 0.15) is 12.0 Å². The average Bonchev–Trinajstić information content (AvgIpc) is 2.74. The molecular weight excluding hydrogens is 494 g/mol. The second-order valence-corrected chi connectivity index (χ2v) is 7.52. The minimum absolute atomic E-state index is 0. The number of piperazine rings is 1. The van der Waals surface area contributed by atoms with E-state index in [1.165, 1.54) is 6.07 Å². The molecule has 0 unspecified atom stereocenters. The van der Waals surface area contributed by atoms with Crippen LogP contribution in [0.3, 0.4) is 0 Å². The highest BCUT2D eigenvalue weighted by Crippen LogP contribution is 2.30. The van der Waals surface area contributed by atoms with Crippen LogP contribution in [0.5, 0.6) is 5.75 Å². The minimum atomic E-state index is -4.86. The van der Waals surface area contributed by atoms with Crippen molar-refractivity contribution in [3.05, 3.63) is 56.9 Å². The minimum Gasteiger partial charge on any atom is -0.482 e. The molecule has 0 radical (unpaired) electrons. The first-order valence-corrected chi connectivity index (χ1v) is 10.1. The number of anilines is 1. The molecule has 0 bridgehead atoms. The van der Waals surface area contributed by atoms with Crippen molar-refractivity contribution in [2.75, 3.05) is 44.2 Å². The summed E-state index contributed by atoms with van der Waals surface area (Å²) < 4.78 is 81.6. The van der Waals surface area contributed by atoms with Gasteiger partial charge in [-0.3, -0.25) is 14.3 Å². The van der Waals surface area contributed by atoms with E-state index in [1.807, 2.05) is 14.8 Å². The summed E-state index contributed by atoms with van der Waals surface area (Å²) in [5, 5.41) is 0. The van der Waals surface area contributed by atoms with Crippen molar-refractivity contribution in [1.29, 1.82) is 0 Å². The maximum atomic E-state index is 12.9. The normalized spacial score (nSPS) is 15.2. The highest BCUT2D eigenvalue weighted by molar-refractivity contribution is 5.85. The quantitative estimate of drug-likeness (QED) is 0.573. The molecule has 1 aromatic carbocycles. The first-order chi connectivity index (χ1) is 15.5. The van der Waals surface area contributed by atoms with Gasteiger partial charge < -0.3 is 14.6 Å². The number of benzene rings is 1. The standard InChI is InChI=1S/C20H22F6N4O3.ClH/c21-19(22,23)13-33-16-5-2-1-4-15(16)29-10-8-28(9-11-29)6-3-7-30-17(31)14(20(24,25)26)12-27-18(30)32;/h1-2,4-5,12H,3,6-11,13H2,(H,27,32);1H. The Labute approximate surface area is 196 Å². The summed E-state index contributed by atoms with van der Waals surface area (Å²) in [5.41, 5.74) is -3.18. The molecule has 2 heterocycles. The Morgan fingerprint density at radius 2 is 1.59 bits per heavy atom. The maximum Gasteiger partial charge on any atom is 0.423 e. The van der Waals surface area contributed by atoms with E-state index >= 15 is 0 Å². The predicted octanol–water partition coefficient (Wildman–Crippen LogP) is 3.13. The highest BCUT2D eigenvalue weighted by Gasteiger charge is 2.35. The summed E-state index contributed by atoms with van der Waals surface area (Å²) in [6.45, 7) is 0.947. The number of ether oxygens (including phenoxy) is 1. The number of nitrogens with one attached hydrogen (secondary N) is 1. The molecule has 2 aromatic rings. The van der Waals surface area contributed by atoms with Gasteiger partial charge in [-0.2, -0.15) is 26.3 Å². The molecule has 0 saturated carbocycles. The number of halogens is 7. The third-order valence-electron chi connectivity index (χ3n) is 5.19. The summed E-state index contributed by atoms with van der Waals surface area (Å²) in [6.07, 6.45) is -8.67. The number of aromatic amines is 1. The van der Waals surface area contributed by atoms with Gasteiger partial charge in [0, 0.05) is 38.9 Å². The number of alkyl halides is 6. The third kappa shape index (κ3) is 7.16. The van der Waals surface area contributed by atoms with E-state index in [1.54, 1.807) is 18.2 Å². The molecule has 0 atom stereocenters. The molecule has 1 aliphatic rings. The van der Waals surface area contributed by atoms with Gasteiger partial charge in [0.2, 0.25) is 0 Å². The number of para-hydroxylation sites is 2. The van der Waals surface area contributed by atoms with Gasteiger partial charge in [0.1, 0.15) is 11.3 Å². The number of H-pyrrole nitrogens is 1. The summed E-state index contributed by atoms with van der Waals surface area (Å²) in [7, 11) is 0. The fourth-order valence-corrected chi connectivity index (χ4v) is 3.58. The molecule has 1 N–H and O–H groups in total. The van der Waals surface area contributed by atoms with E-state index in [4.69, 9.17) is 4.74 Å². The first-order valence-electron chi connectivity index (χ1n) is 10.1. The Bertz CT molecular complexity index is 1060. The summed E-state index contributed by atoms with van der Waals surface area (Å²) >= 11 is 0. The van der Waals surface area contributed by atoms with Gasteiger partial charge in [0.15, 0.2) is 6.61 Å². The lowest BCUT2D eigenvalue weighted by molar-refractivity contribution is -0.153. The van der Waals surface area contributed by atoms with Crippen LogP contribution >= 0.6 is 12.4 Å². The van der Waals surface area contributed by atoms with Crippen molar-refractivity contribution >= 4 is 18.1 Å². The Morgan fingerprint density at radius 1 is 0.941 bits per heavy atom. The van der Waals surface area contributed by atoms with Crippen molar-refractivity contribution in [2.45, 2.75) is 25.3 Å². The SMILES string of the molecule is Cl.O=c1[nH]cc(C(F)(F)F)c(=O)n1CCCN1CCN(c2ccccc2OCC(F)(F)F)CC1. The van der Waals surface area contributed by atoms with Gasteiger partial charge in [0.05, 0.1) is 5.69 Å². The van der Waals surface area contributed by atoms with E-state index in [9.17, 15) is 35.9 Å². The molecule has 0 spiro atoms. The zero-order valence-corrected chi connectivity index (χ0v) is 18.6. The monoisotopic (exact) mass is 516 g/mol. The Hall–Kier alpha value is -2.67. The fourth-order valence-electron chi connectivity index (χ4n) is 3.58. The molecular formula is C20H23ClF6N4O3. The lowest BCUT2D eigenvalue weighted by Crippen LogP contribution is -2.47. The second-order valence-electron chi connectivity index (χ2n) is 7.52. The van der Waals surface area contributed by atoms with E-state index in [0.29, 0.717) is 49.2 Å². The Morgan fingerprint density at radius 3 is 2.21 bits per heavy atom. The second kappa shape index (κ2) is 11.2. The van der Waals surface area contributed by atoms with Crippen molar-refractivity contribution < 1.29 is 31.1 Å². The van der Waals surface area contributed by atoms with Crippen LogP contribution in [0.4, 0.5) is 32.0 Å². The lowest BCUT2D eigenvalue weighted by Gasteiger charge is -2.36. The van der Waals surface area contributed by atoms with Crippen LogP contribution in [0.25, 0.3) is 0 Å². The van der Waals surface area contributed by atoms with Crippen LogP contribution in [0, 0.1) is 0 Å². The van der Waals surface area contributed by atoms with Crippen molar-refractivity contribution in [3.8, 4) is 5.75 Å². The molecule has 1 aliphatic heterocycles. The number of rotatable bonds is 7. The summed E-state index contributed by atoms with van der Waals surface area (Å²) in [5.74, 6) is 0.131. The fraction of sp³-hybridized carbons (Fsp3) is 0.500. The van der Waals surface area contributed by atoms with Crippen LogP contribution in [0.15, 0.2) is 40.1 Å². The van der Waals surface area contributed by atoms with Crippen molar-refractivity contribution in [1.82, 2.24) is 14.5 Å². The topological polar surface area (TPSA) is 70.6 Å². The number of nitrogens with zero attached hydrogens (tertiary/aromatic N) is 3. The van der Waals surface area contributed by atoms with Gasteiger partial charge in [-0.25, -0.2) is 4.79 Å². The molecule has 1 saturated heterocycles. The Kier molecular flexibility index (Phi) is 9.06. The molecule has 0 amide bonds. The molecule has 7 nitrogen and oxygen atoms in total. The van der Waals surface area contributed by atoms with Crippen LogP contribution in [0.2, 0.25) is 0 Å². The van der Waals surface area contributed by atoms with E-state index < -0.39 is 35.8 Å². The first kappa shape index (κ1) is 27.6. The molecule has 1 fully saturated rings. The molecule has 190 valence electrons. The lowest BCUT2D eigenvalue weighted by atomic mass is 10.2. The zero-order chi connectivity index (χ0) is 24.2. The molecule has 34 heavy (non-hydrogen) atoms. The molecule has 14 heteroatoms. The van der Waals surface area contributed by atoms with Gasteiger partial charge >= 0.3 is 18.0 Å². The number of hydrogen-bond donors (Lipinski definition) is 1. The number of aromatic nitrogens is 2. The zero-order valence-electron chi connectivity index (χ0n) is 17.8.